The van der Waals surface area contributed by atoms with Gasteiger partial charge in [0, 0.05) is 36.2 Å². The fraction of sp³-hybridized carbons (Fsp3) is 0.400. The summed E-state index contributed by atoms with van der Waals surface area (Å²) < 4.78 is 30.8. The summed E-state index contributed by atoms with van der Waals surface area (Å²) in [4.78, 5) is 47.2. The number of nitrogens with one attached hydrogen (secondary N) is 2. The molecule has 4 heterocycles. The lowest BCUT2D eigenvalue weighted by Crippen LogP contribution is -2.33. The summed E-state index contributed by atoms with van der Waals surface area (Å²) in [5.74, 6) is -1.54. The molecule has 0 spiro atoms. The molecule has 0 saturated heterocycles. The number of pyridine rings is 1. The molecule has 226 valence electrons. The molecule has 3 aliphatic heterocycles. The molecule has 0 bridgehead atoms. The van der Waals surface area contributed by atoms with Crippen LogP contribution in [-0.4, -0.2) is 47.3 Å². The number of methoxy groups -OCH3 is 1. The van der Waals surface area contributed by atoms with Crippen molar-refractivity contribution in [2.24, 2.45) is 0 Å². The van der Waals surface area contributed by atoms with Crippen LogP contribution in [0.3, 0.4) is 0 Å². The van der Waals surface area contributed by atoms with Crippen LogP contribution < -0.4 is 16.2 Å². The number of carbonyl (C=O) groups excluding carboxylic acids is 3. The normalized spacial score (nSPS) is 17.5. The summed E-state index contributed by atoms with van der Waals surface area (Å²) >= 11 is 0. The fourth-order valence-electron chi connectivity index (χ4n) is 4.25. The number of aliphatic hydroxyl groups is 1. The minimum absolute atomic E-state index is 0.0417. The highest BCUT2D eigenvalue weighted by molar-refractivity contribution is 5.88. The number of nitrogens with zero attached hydrogens (tertiary/aromatic N) is 1. The van der Waals surface area contributed by atoms with E-state index >= 15 is 0 Å². The number of benzene rings is 1. The largest absolute Gasteiger partial charge is 0.458 e. The molecule has 0 aliphatic carbocycles. The molecule has 1 aromatic carbocycles. The van der Waals surface area contributed by atoms with Crippen molar-refractivity contribution in [2.45, 2.75) is 65.5 Å². The van der Waals surface area contributed by atoms with Gasteiger partial charge in [0.25, 0.3) is 5.56 Å². The van der Waals surface area contributed by atoms with Gasteiger partial charge in [-0.1, -0.05) is 20.4 Å². The van der Waals surface area contributed by atoms with Crippen LogP contribution in [0.5, 0.6) is 0 Å². The molecule has 11 nitrogen and oxygen atoms in total. The van der Waals surface area contributed by atoms with Crippen LogP contribution >= 0.6 is 0 Å². The lowest BCUT2D eigenvalue weighted by atomic mass is 9.95. The SMILES string of the molecule is C=C(C=O)COC(=O)Nc1cc2c(cc1F)NC1C(=C2)Cn2c1cc1c(c2=O)COC(=O)C1O.CC.COC(C)(C)C. The molecule has 3 aliphatic rings. The number of hydrogen-bond donors (Lipinski definition) is 3. The van der Waals surface area contributed by atoms with Gasteiger partial charge in [-0.25, -0.2) is 14.0 Å². The number of aldehydes is 1. The maximum Gasteiger partial charge on any atom is 0.412 e. The van der Waals surface area contributed by atoms with E-state index in [0.29, 0.717) is 23.2 Å². The number of hydrogen-bond acceptors (Lipinski definition) is 9. The zero-order valence-electron chi connectivity index (χ0n) is 24.5. The minimum Gasteiger partial charge on any atom is -0.458 e. The molecule has 3 N–H and O–H groups in total. The van der Waals surface area contributed by atoms with Crippen LogP contribution in [0.2, 0.25) is 0 Å². The summed E-state index contributed by atoms with van der Waals surface area (Å²) in [6.07, 6.45) is -0.254. The molecule has 12 heteroatoms. The van der Waals surface area contributed by atoms with Gasteiger partial charge in [0.2, 0.25) is 0 Å². The van der Waals surface area contributed by atoms with Gasteiger partial charge in [0.15, 0.2) is 6.10 Å². The lowest BCUT2D eigenvalue weighted by Gasteiger charge is -2.25. The average Bonchev–Trinajstić information content (AvgIpc) is 3.32. The van der Waals surface area contributed by atoms with Gasteiger partial charge < -0.3 is 29.2 Å². The van der Waals surface area contributed by atoms with Crippen molar-refractivity contribution >= 4 is 35.8 Å². The average molecular weight is 586 g/mol. The Morgan fingerprint density at radius 3 is 2.57 bits per heavy atom. The quantitative estimate of drug-likeness (QED) is 0.270. The predicted molar refractivity (Wildman–Crippen MR) is 154 cm³/mol. The van der Waals surface area contributed by atoms with Crippen molar-refractivity contribution in [3.05, 3.63) is 74.5 Å². The third-order valence-electron chi connectivity index (χ3n) is 6.54. The van der Waals surface area contributed by atoms with Gasteiger partial charge in [-0.05, 0) is 56.2 Å². The number of aliphatic hydroxyl groups excluding tert-OH is 1. The topological polar surface area (TPSA) is 145 Å². The molecular weight excluding hydrogens is 549 g/mol. The van der Waals surface area contributed by atoms with E-state index in [0.717, 1.165) is 5.57 Å². The van der Waals surface area contributed by atoms with Gasteiger partial charge in [0.05, 0.1) is 22.9 Å². The highest BCUT2D eigenvalue weighted by Crippen LogP contribution is 2.42. The molecule has 2 atom stereocenters. The zero-order chi connectivity index (χ0) is 31.4. The first-order valence-corrected chi connectivity index (χ1v) is 13.4. The standard InChI is InChI=1S/C23H18FN3O7.C5H12O.C2H6/c1-10(7-28)8-34-23(32)26-17-3-11-2-12-6-27-18(19(12)25-16(11)5-15(17)24)4-13-14(21(27)30)9-33-22(31)20(13)29;1-5(2,3)6-4;1-2/h2-5,7,19-20,25,29H,1,6,8-9H2,(H,26,32);1-4H3;1-2H3. The van der Waals surface area contributed by atoms with E-state index in [4.69, 9.17) is 14.2 Å². The van der Waals surface area contributed by atoms with Gasteiger partial charge in [0.1, 0.15) is 25.3 Å². The third kappa shape index (κ3) is 6.94. The van der Waals surface area contributed by atoms with E-state index in [1.807, 2.05) is 34.6 Å². The molecule has 0 saturated carbocycles. The summed E-state index contributed by atoms with van der Waals surface area (Å²) in [5.41, 5.74) is 2.38. The van der Waals surface area contributed by atoms with E-state index in [1.165, 1.54) is 16.7 Å². The molecular formula is C30H36FN3O8. The van der Waals surface area contributed by atoms with Crippen LogP contribution in [0.25, 0.3) is 6.08 Å². The van der Waals surface area contributed by atoms with E-state index in [1.54, 1.807) is 19.3 Å². The molecule has 2 aromatic rings. The Morgan fingerprint density at radius 2 is 1.95 bits per heavy atom. The lowest BCUT2D eigenvalue weighted by molar-refractivity contribution is -0.157. The van der Waals surface area contributed by atoms with Crippen LogP contribution in [-0.2, 0) is 37.0 Å². The second kappa shape index (κ2) is 13.1. The Balaban J connectivity index is 0.000000541. The first-order chi connectivity index (χ1) is 19.8. The number of rotatable bonds is 4. The smallest absolute Gasteiger partial charge is 0.412 e. The molecule has 1 aromatic heterocycles. The van der Waals surface area contributed by atoms with Crippen LogP contribution in [0, 0.1) is 5.82 Å². The second-order valence-corrected chi connectivity index (χ2v) is 10.4. The first kappa shape index (κ1) is 32.2. The maximum absolute atomic E-state index is 14.7. The Kier molecular flexibility index (Phi) is 10.1. The molecule has 5 rings (SSSR count). The zero-order valence-corrected chi connectivity index (χ0v) is 24.5. The van der Waals surface area contributed by atoms with E-state index in [9.17, 15) is 28.7 Å². The van der Waals surface area contributed by atoms with Crippen molar-refractivity contribution in [1.82, 2.24) is 4.57 Å². The number of cyclic esters (lactones) is 1. The Labute approximate surface area is 243 Å². The van der Waals surface area contributed by atoms with Crippen molar-refractivity contribution in [2.75, 3.05) is 24.4 Å². The molecule has 42 heavy (non-hydrogen) atoms. The van der Waals surface area contributed by atoms with E-state index < -0.39 is 30.0 Å². The third-order valence-corrected chi connectivity index (χ3v) is 6.54. The number of anilines is 2. The van der Waals surface area contributed by atoms with Crippen molar-refractivity contribution in [3.63, 3.8) is 0 Å². The fourth-order valence-corrected chi connectivity index (χ4v) is 4.25. The first-order valence-electron chi connectivity index (χ1n) is 13.4. The van der Waals surface area contributed by atoms with Crippen LogP contribution in [0.15, 0.2) is 40.7 Å². The summed E-state index contributed by atoms with van der Waals surface area (Å²) in [5, 5.41) is 15.7. The molecule has 0 fully saturated rings. The number of carbonyl (C=O) groups is 3. The molecule has 1 amide bonds. The number of esters is 1. The second-order valence-electron chi connectivity index (χ2n) is 10.4. The Bertz CT molecular complexity index is 1490. The predicted octanol–water partition coefficient (Wildman–Crippen LogP) is 4.40. The Morgan fingerprint density at radius 1 is 1.29 bits per heavy atom. The van der Waals surface area contributed by atoms with Crippen LogP contribution in [0.4, 0.5) is 20.6 Å². The number of halogens is 1. The van der Waals surface area contributed by atoms with Crippen LogP contribution in [0.1, 0.15) is 69.1 Å². The van der Waals surface area contributed by atoms with Gasteiger partial charge in [-0.15, -0.1) is 0 Å². The maximum atomic E-state index is 14.7. The van der Waals surface area contributed by atoms with E-state index in [-0.39, 0.29) is 53.3 Å². The number of amides is 1. The summed E-state index contributed by atoms with van der Waals surface area (Å²) in [7, 11) is 1.71. The number of fused-ring (bicyclic) bond motifs is 5. The number of aromatic nitrogens is 1. The highest BCUT2D eigenvalue weighted by Gasteiger charge is 2.37. The van der Waals surface area contributed by atoms with Gasteiger partial charge in [-0.2, -0.15) is 0 Å². The van der Waals surface area contributed by atoms with Crippen molar-refractivity contribution < 1.29 is 38.1 Å². The monoisotopic (exact) mass is 585 g/mol. The molecule has 0 radical (unpaired) electrons. The van der Waals surface area contributed by atoms with Crippen molar-refractivity contribution in [3.8, 4) is 0 Å². The van der Waals surface area contributed by atoms with Crippen molar-refractivity contribution in [1.29, 1.82) is 0 Å². The van der Waals surface area contributed by atoms with E-state index in [2.05, 4.69) is 17.2 Å². The van der Waals surface area contributed by atoms with Gasteiger partial charge >= 0.3 is 12.1 Å². The molecule has 2 unspecified atom stereocenters. The Hall–Kier alpha value is -4.29. The van der Waals surface area contributed by atoms with Gasteiger partial charge in [-0.3, -0.25) is 14.9 Å². The summed E-state index contributed by atoms with van der Waals surface area (Å²) in [6, 6.07) is 3.76. The number of ether oxygens (including phenoxy) is 3. The highest BCUT2D eigenvalue weighted by atomic mass is 19.1. The summed E-state index contributed by atoms with van der Waals surface area (Å²) in [6.45, 7) is 13.2. The minimum atomic E-state index is -1.54.